The maximum Gasteiger partial charge on any atom is 0.404 e. The van der Waals surface area contributed by atoms with Gasteiger partial charge in [-0.15, -0.1) is 0 Å². The molecule has 0 aromatic heterocycles. The summed E-state index contributed by atoms with van der Waals surface area (Å²) in [6, 6.07) is 24.8. The van der Waals surface area contributed by atoms with E-state index in [1.165, 1.54) is 0 Å². The third kappa shape index (κ3) is 5.19. The van der Waals surface area contributed by atoms with Gasteiger partial charge in [0.05, 0.1) is 20.8 Å². The fraction of sp³-hybridized carbons (Fsp3) is 0.240. The summed E-state index contributed by atoms with van der Waals surface area (Å²) in [6.07, 6.45) is -2.02. The van der Waals surface area contributed by atoms with Crippen molar-refractivity contribution in [3.8, 4) is 11.5 Å². The lowest BCUT2D eigenvalue weighted by Crippen LogP contribution is -2.37. The molecular weight excluding hydrogens is 410 g/mol. The van der Waals surface area contributed by atoms with E-state index >= 15 is 0 Å². The van der Waals surface area contributed by atoms with Crippen LogP contribution in [0.25, 0.3) is 0 Å². The van der Waals surface area contributed by atoms with Gasteiger partial charge in [0.1, 0.15) is 29.8 Å². The highest BCUT2D eigenvalue weighted by Crippen LogP contribution is 2.41. The molecule has 3 rings (SSSR count). The molecular formula is C25H27NO6. The number of carbonyl (C=O) groups is 1. The van der Waals surface area contributed by atoms with Gasteiger partial charge in [-0.25, -0.2) is 4.79 Å². The van der Waals surface area contributed by atoms with Crippen molar-refractivity contribution < 1.29 is 28.8 Å². The molecule has 0 saturated carbocycles. The van der Waals surface area contributed by atoms with Crippen LogP contribution in [0.5, 0.6) is 11.5 Å². The summed E-state index contributed by atoms with van der Waals surface area (Å²) in [5, 5.41) is 10.4. The quantitative estimate of drug-likeness (QED) is 0.471. The molecule has 0 aliphatic carbocycles. The number of rotatable bonds is 10. The third-order valence-electron chi connectivity index (χ3n) is 5.08. The number of ether oxygens (including phenoxy) is 4. The Hall–Kier alpha value is -3.55. The van der Waals surface area contributed by atoms with Crippen molar-refractivity contribution in [2.75, 3.05) is 27.4 Å². The van der Waals surface area contributed by atoms with Crippen molar-refractivity contribution in [1.29, 1.82) is 0 Å². The van der Waals surface area contributed by atoms with E-state index in [2.05, 4.69) is 0 Å². The van der Waals surface area contributed by atoms with E-state index in [9.17, 15) is 9.90 Å². The van der Waals surface area contributed by atoms with E-state index in [1.54, 1.807) is 14.2 Å². The number of hydrogen-bond donors (Lipinski definition) is 2. The summed E-state index contributed by atoms with van der Waals surface area (Å²) < 4.78 is 21.8. The highest BCUT2D eigenvalue weighted by Gasteiger charge is 2.38. The minimum atomic E-state index is -1.07. The van der Waals surface area contributed by atoms with Gasteiger partial charge in [0.25, 0.3) is 0 Å². The van der Waals surface area contributed by atoms with Crippen LogP contribution >= 0.6 is 0 Å². The molecule has 0 saturated heterocycles. The van der Waals surface area contributed by atoms with Crippen LogP contribution in [-0.2, 0) is 15.1 Å². The highest BCUT2D eigenvalue weighted by molar-refractivity contribution is 5.64. The zero-order chi connectivity index (χ0) is 23.0. The maximum atomic E-state index is 10.9. The van der Waals surface area contributed by atoms with E-state index in [4.69, 9.17) is 24.7 Å². The number of benzene rings is 3. The summed E-state index contributed by atoms with van der Waals surface area (Å²) in [6.45, 7) is -0.383. The smallest absolute Gasteiger partial charge is 0.404 e. The summed E-state index contributed by atoms with van der Waals surface area (Å²) in [5.41, 5.74) is 6.47. The van der Waals surface area contributed by atoms with Crippen LogP contribution in [0.15, 0.2) is 78.9 Å². The van der Waals surface area contributed by atoms with Crippen molar-refractivity contribution in [1.82, 2.24) is 0 Å². The molecule has 3 aromatic carbocycles. The average Bonchev–Trinajstić information content (AvgIpc) is 2.84. The van der Waals surface area contributed by atoms with Gasteiger partial charge in [-0.2, -0.15) is 0 Å². The van der Waals surface area contributed by atoms with Crippen molar-refractivity contribution >= 4 is 6.09 Å². The predicted molar refractivity (Wildman–Crippen MR) is 120 cm³/mol. The molecule has 0 radical (unpaired) electrons. The van der Waals surface area contributed by atoms with Gasteiger partial charge in [0, 0.05) is 0 Å². The van der Waals surface area contributed by atoms with Crippen LogP contribution in [0, 0.1) is 0 Å². The lowest BCUT2D eigenvalue weighted by atomic mass is 9.80. The Morgan fingerprint density at radius 2 is 1.28 bits per heavy atom. The minimum Gasteiger partial charge on any atom is -0.497 e. The second-order valence-corrected chi connectivity index (χ2v) is 7.10. The van der Waals surface area contributed by atoms with Gasteiger partial charge in [-0.05, 0) is 41.0 Å². The Morgan fingerprint density at radius 3 is 1.72 bits per heavy atom. The number of amides is 1. The summed E-state index contributed by atoms with van der Waals surface area (Å²) in [7, 11) is 3.21. The Morgan fingerprint density at radius 1 is 0.812 bits per heavy atom. The van der Waals surface area contributed by atoms with Crippen molar-refractivity contribution in [2.24, 2.45) is 5.73 Å². The Labute approximate surface area is 187 Å². The first kappa shape index (κ1) is 23.1. The molecule has 7 heteroatoms. The standard InChI is InChI=1S/C25H27NO6/c1-29-22-12-8-19(9-13-22)25(18-6-4-3-5-7-18,20-10-14-23(30-2)15-11-20)32-17-21(27)16-31-24(26)28/h3-15,21,27H,16-17H2,1-2H3,(H2,26,28). The Balaban J connectivity index is 2.11. The summed E-state index contributed by atoms with van der Waals surface area (Å²) in [4.78, 5) is 10.9. The molecule has 0 bridgehead atoms. The van der Waals surface area contributed by atoms with Crippen LogP contribution in [0.2, 0.25) is 0 Å². The Bertz CT molecular complexity index is 942. The van der Waals surface area contributed by atoms with Gasteiger partial charge in [0.2, 0.25) is 0 Å². The van der Waals surface area contributed by atoms with E-state index in [0.717, 1.165) is 16.7 Å². The van der Waals surface area contributed by atoms with Crippen LogP contribution in [-0.4, -0.2) is 44.7 Å². The first-order valence-corrected chi connectivity index (χ1v) is 10.1. The zero-order valence-corrected chi connectivity index (χ0v) is 18.1. The van der Waals surface area contributed by atoms with Gasteiger partial charge >= 0.3 is 6.09 Å². The van der Waals surface area contributed by atoms with Gasteiger partial charge < -0.3 is 29.8 Å². The molecule has 1 unspecified atom stereocenters. The monoisotopic (exact) mass is 437 g/mol. The van der Waals surface area contributed by atoms with Gasteiger partial charge in [-0.3, -0.25) is 0 Å². The predicted octanol–water partition coefficient (Wildman–Crippen LogP) is 3.47. The first-order valence-electron chi connectivity index (χ1n) is 10.1. The molecule has 0 aliphatic rings. The van der Waals surface area contributed by atoms with Gasteiger partial charge in [-0.1, -0.05) is 54.6 Å². The van der Waals surface area contributed by atoms with E-state index in [0.29, 0.717) is 11.5 Å². The lowest BCUT2D eigenvalue weighted by Gasteiger charge is -2.36. The second-order valence-electron chi connectivity index (χ2n) is 7.10. The zero-order valence-electron chi connectivity index (χ0n) is 18.1. The number of primary amides is 1. The Kier molecular flexibility index (Phi) is 7.70. The normalized spacial score (nSPS) is 12.1. The van der Waals surface area contributed by atoms with Crippen LogP contribution in [0.4, 0.5) is 4.79 Å². The number of aliphatic hydroxyl groups is 1. The van der Waals surface area contributed by atoms with Crippen LogP contribution < -0.4 is 15.2 Å². The highest BCUT2D eigenvalue weighted by atomic mass is 16.6. The van der Waals surface area contributed by atoms with Crippen LogP contribution in [0.1, 0.15) is 16.7 Å². The molecule has 3 aromatic rings. The maximum absolute atomic E-state index is 10.9. The topological polar surface area (TPSA) is 100 Å². The minimum absolute atomic E-state index is 0.111. The van der Waals surface area contributed by atoms with Crippen molar-refractivity contribution in [2.45, 2.75) is 11.7 Å². The van der Waals surface area contributed by atoms with Crippen molar-refractivity contribution in [3.05, 3.63) is 95.6 Å². The molecule has 1 atom stereocenters. The van der Waals surface area contributed by atoms with E-state index in [-0.39, 0.29) is 13.2 Å². The molecule has 7 nitrogen and oxygen atoms in total. The average molecular weight is 437 g/mol. The van der Waals surface area contributed by atoms with E-state index in [1.807, 2.05) is 78.9 Å². The fourth-order valence-corrected chi connectivity index (χ4v) is 3.52. The molecule has 0 spiro atoms. The largest absolute Gasteiger partial charge is 0.497 e. The number of nitrogens with two attached hydrogens (primary N) is 1. The lowest BCUT2D eigenvalue weighted by molar-refractivity contribution is -0.0536. The van der Waals surface area contributed by atoms with Crippen LogP contribution in [0.3, 0.4) is 0 Å². The number of hydrogen-bond acceptors (Lipinski definition) is 6. The molecule has 168 valence electrons. The fourth-order valence-electron chi connectivity index (χ4n) is 3.52. The number of carbonyl (C=O) groups excluding carboxylic acids is 1. The second kappa shape index (κ2) is 10.7. The SMILES string of the molecule is COc1ccc(C(OCC(O)COC(N)=O)(c2ccccc2)c2ccc(OC)cc2)cc1. The summed E-state index contributed by atoms with van der Waals surface area (Å²) in [5.74, 6) is 1.42. The molecule has 0 heterocycles. The number of aliphatic hydroxyl groups excluding tert-OH is 1. The molecule has 32 heavy (non-hydrogen) atoms. The summed E-state index contributed by atoms with van der Waals surface area (Å²) >= 11 is 0. The van der Waals surface area contributed by atoms with Gasteiger partial charge in [0.15, 0.2) is 0 Å². The molecule has 0 fully saturated rings. The number of methoxy groups -OCH3 is 2. The van der Waals surface area contributed by atoms with E-state index < -0.39 is 17.8 Å². The third-order valence-corrected chi connectivity index (χ3v) is 5.08. The molecule has 3 N–H and O–H groups in total. The molecule has 1 amide bonds. The first-order chi connectivity index (χ1) is 15.5. The molecule has 0 aliphatic heterocycles. The van der Waals surface area contributed by atoms with Crippen molar-refractivity contribution in [3.63, 3.8) is 0 Å².